The van der Waals surface area contributed by atoms with E-state index in [0.717, 1.165) is 43.4 Å². The van der Waals surface area contributed by atoms with Crippen LogP contribution in [0.25, 0.3) is 0 Å². The Labute approximate surface area is 149 Å². The second-order valence-corrected chi connectivity index (χ2v) is 6.76. The number of rotatable bonds is 9. The zero-order valence-corrected chi connectivity index (χ0v) is 15.0. The molecule has 0 radical (unpaired) electrons. The molecular formula is C20H29NO4. The van der Waals surface area contributed by atoms with Crippen molar-refractivity contribution in [1.82, 2.24) is 5.32 Å². The van der Waals surface area contributed by atoms with E-state index in [1.807, 2.05) is 24.3 Å². The van der Waals surface area contributed by atoms with Crippen molar-refractivity contribution in [2.45, 2.75) is 58.4 Å². The molecule has 2 unspecified atom stereocenters. The quantitative estimate of drug-likeness (QED) is 0.667. The highest BCUT2D eigenvalue weighted by Crippen LogP contribution is 2.30. The molecule has 1 saturated carbocycles. The Morgan fingerprint density at radius 3 is 2.68 bits per heavy atom. The Kier molecular flexibility index (Phi) is 7.76. The molecule has 1 aromatic carbocycles. The minimum atomic E-state index is -0.859. The van der Waals surface area contributed by atoms with Gasteiger partial charge in [0.2, 0.25) is 5.91 Å². The molecule has 0 saturated heterocycles. The summed E-state index contributed by atoms with van der Waals surface area (Å²) in [4.78, 5) is 23.7. The molecule has 1 aliphatic rings. The smallest absolute Gasteiger partial charge is 0.307 e. The Hall–Kier alpha value is -2.04. The number of carbonyl (C=O) groups is 2. The predicted molar refractivity (Wildman–Crippen MR) is 96.4 cm³/mol. The van der Waals surface area contributed by atoms with Crippen molar-refractivity contribution in [1.29, 1.82) is 0 Å². The fraction of sp³-hybridized carbons (Fsp3) is 0.600. The Morgan fingerprint density at radius 1 is 1.20 bits per heavy atom. The number of amides is 1. The van der Waals surface area contributed by atoms with Crippen molar-refractivity contribution in [3.8, 4) is 5.75 Å². The third-order valence-electron chi connectivity index (χ3n) is 4.80. The first-order chi connectivity index (χ1) is 12.1. The van der Waals surface area contributed by atoms with Crippen molar-refractivity contribution >= 4 is 11.9 Å². The van der Waals surface area contributed by atoms with E-state index in [0.29, 0.717) is 26.0 Å². The van der Waals surface area contributed by atoms with Gasteiger partial charge in [-0.2, -0.15) is 0 Å². The lowest BCUT2D eigenvalue weighted by Gasteiger charge is -2.27. The summed E-state index contributed by atoms with van der Waals surface area (Å²) in [5.41, 5.74) is 0.962. The maximum absolute atomic E-state index is 12.4. The lowest BCUT2D eigenvalue weighted by molar-refractivity contribution is -0.148. The predicted octanol–water partition coefficient (Wildman–Crippen LogP) is 3.76. The maximum atomic E-state index is 12.4. The first-order valence-corrected chi connectivity index (χ1v) is 9.34. The number of ether oxygens (including phenoxy) is 1. The molecule has 0 spiro atoms. The zero-order chi connectivity index (χ0) is 18.1. The molecule has 138 valence electrons. The number of carboxylic acids is 1. The van der Waals surface area contributed by atoms with Gasteiger partial charge in [-0.3, -0.25) is 9.59 Å². The Morgan fingerprint density at radius 2 is 1.96 bits per heavy atom. The van der Waals surface area contributed by atoms with Gasteiger partial charge >= 0.3 is 5.97 Å². The van der Waals surface area contributed by atoms with Crippen molar-refractivity contribution in [2.75, 3.05) is 6.61 Å². The number of carboxylic acid groups (broad SMARTS) is 1. The van der Waals surface area contributed by atoms with Crippen molar-refractivity contribution in [2.24, 2.45) is 11.8 Å². The average Bonchev–Trinajstić information content (AvgIpc) is 2.63. The van der Waals surface area contributed by atoms with Crippen LogP contribution in [0.3, 0.4) is 0 Å². The molecule has 1 aromatic rings. The van der Waals surface area contributed by atoms with Gasteiger partial charge in [-0.1, -0.05) is 44.7 Å². The van der Waals surface area contributed by atoms with Crippen molar-refractivity contribution < 1.29 is 19.4 Å². The fourth-order valence-corrected chi connectivity index (χ4v) is 3.35. The molecule has 5 nitrogen and oxygen atoms in total. The summed E-state index contributed by atoms with van der Waals surface area (Å²) in [5.74, 6) is -1.17. The average molecular weight is 347 g/mol. The largest absolute Gasteiger partial charge is 0.494 e. The highest BCUT2D eigenvalue weighted by Gasteiger charge is 2.35. The summed E-state index contributed by atoms with van der Waals surface area (Å²) in [6, 6.07) is 7.70. The van der Waals surface area contributed by atoms with E-state index in [1.165, 1.54) is 0 Å². The molecule has 2 N–H and O–H groups in total. The van der Waals surface area contributed by atoms with Gasteiger partial charge in [0.25, 0.3) is 0 Å². The van der Waals surface area contributed by atoms with Gasteiger partial charge in [-0.05, 0) is 37.0 Å². The van der Waals surface area contributed by atoms with Crippen LogP contribution in [0.2, 0.25) is 0 Å². The highest BCUT2D eigenvalue weighted by molar-refractivity contribution is 5.84. The number of nitrogens with one attached hydrogen (secondary N) is 1. The van der Waals surface area contributed by atoms with Gasteiger partial charge in [0, 0.05) is 6.54 Å². The van der Waals surface area contributed by atoms with E-state index >= 15 is 0 Å². The van der Waals surface area contributed by atoms with Gasteiger partial charge in [0.1, 0.15) is 5.75 Å². The third kappa shape index (κ3) is 6.07. The molecule has 1 amide bonds. The van der Waals surface area contributed by atoms with Crippen molar-refractivity contribution in [3.05, 3.63) is 29.8 Å². The van der Waals surface area contributed by atoms with Gasteiger partial charge in [0.05, 0.1) is 18.4 Å². The molecule has 0 aliphatic heterocycles. The number of hydrogen-bond acceptors (Lipinski definition) is 3. The van der Waals surface area contributed by atoms with Gasteiger partial charge in [-0.25, -0.2) is 0 Å². The van der Waals surface area contributed by atoms with E-state index in [-0.39, 0.29) is 5.91 Å². The van der Waals surface area contributed by atoms with Gasteiger partial charge in [0.15, 0.2) is 0 Å². The molecule has 0 aromatic heterocycles. The van der Waals surface area contributed by atoms with Gasteiger partial charge < -0.3 is 15.2 Å². The van der Waals surface area contributed by atoms with E-state index < -0.39 is 17.8 Å². The molecule has 0 heterocycles. The number of benzene rings is 1. The fourth-order valence-electron chi connectivity index (χ4n) is 3.35. The SMILES string of the molecule is CCCCCOc1cccc(CNC(=O)C2CCCCC2C(=O)O)c1. The van der Waals surface area contributed by atoms with Crippen LogP contribution in [0.15, 0.2) is 24.3 Å². The van der Waals surface area contributed by atoms with E-state index in [2.05, 4.69) is 12.2 Å². The molecule has 0 bridgehead atoms. The van der Waals surface area contributed by atoms with Crippen LogP contribution in [-0.2, 0) is 16.1 Å². The molecular weight excluding hydrogens is 318 g/mol. The van der Waals surface area contributed by atoms with Crippen LogP contribution in [0.4, 0.5) is 0 Å². The second kappa shape index (κ2) is 10.1. The minimum Gasteiger partial charge on any atom is -0.494 e. The van der Waals surface area contributed by atoms with E-state index in [9.17, 15) is 14.7 Å². The summed E-state index contributed by atoms with van der Waals surface area (Å²) in [6.07, 6.45) is 6.41. The summed E-state index contributed by atoms with van der Waals surface area (Å²) in [6.45, 7) is 3.25. The zero-order valence-electron chi connectivity index (χ0n) is 15.0. The van der Waals surface area contributed by atoms with Crippen LogP contribution in [0.1, 0.15) is 57.4 Å². The second-order valence-electron chi connectivity index (χ2n) is 6.76. The number of hydrogen-bond donors (Lipinski definition) is 2. The van der Waals surface area contributed by atoms with Crippen LogP contribution in [-0.4, -0.2) is 23.6 Å². The molecule has 2 rings (SSSR count). The lowest BCUT2D eigenvalue weighted by atomic mass is 9.78. The number of carbonyl (C=O) groups excluding carboxylic acids is 1. The summed E-state index contributed by atoms with van der Waals surface area (Å²) in [5, 5.41) is 12.2. The van der Waals surface area contributed by atoms with E-state index in [4.69, 9.17) is 4.74 Å². The maximum Gasteiger partial charge on any atom is 0.307 e. The molecule has 5 heteroatoms. The monoisotopic (exact) mass is 347 g/mol. The molecule has 2 atom stereocenters. The molecule has 1 fully saturated rings. The Bertz CT molecular complexity index is 573. The van der Waals surface area contributed by atoms with E-state index in [1.54, 1.807) is 0 Å². The standard InChI is InChI=1S/C20H29NO4/c1-2-3-6-12-25-16-9-7-8-15(13-16)14-21-19(22)17-10-4-5-11-18(17)20(23)24/h7-9,13,17-18H,2-6,10-12,14H2,1H3,(H,21,22)(H,23,24). The number of unbranched alkanes of at least 4 members (excludes halogenated alkanes) is 2. The summed E-state index contributed by atoms with van der Waals surface area (Å²) in [7, 11) is 0. The first kappa shape index (κ1) is 19.3. The van der Waals surface area contributed by atoms with Crippen molar-refractivity contribution in [3.63, 3.8) is 0 Å². The van der Waals surface area contributed by atoms with Gasteiger partial charge in [-0.15, -0.1) is 0 Å². The van der Waals surface area contributed by atoms with Crippen LogP contribution in [0, 0.1) is 11.8 Å². The molecule has 1 aliphatic carbocycles. The number of aliphatic carboxylic acids is 1. The third-order valence-corrected chi connectivity index (χ3v) is 4.80. The van der Waals surface area contributed by atoms with Crippen LogP contribution in [0.5, 0.6) is 5.75 Å². The minimum absolute atomic E-state index is 0.152. The topological polar surface area (TPSA) is 75.6 Å². The highest BCUT2D eigenvalue weighted by atomic mass is 16.5. The van der Waals surface area contributed by atoms with Crippen LogP contribution >= 0.6 is 0 Å². The summed E-state index contributed by atoms with van der Waals surface area (Å²) >= 11 is 0. The normalized spacial score (nSPS) is 20.0. The molecule has 25 heavy (non-hydrogen) atoms. The Balaban J connectivity index is 1.85. The lowest BCUT2D eigenvalue weighted by Crippen LogP contribution is -2.39. The first-order valence-electron chi connectivity index (χ1n) is 9.34. The summed E-state index contributed by atoms with van der Waals surface area (Å²) < 4.78 is 5.73. The van der Waals surface area contributed by atoms with Crippen LogP contribution < -0.4 is 10.1 Å².